The standard InChI is InChI=1S/C24H21N5O6S2/c1-11-13(3)36-22-19(11)21(30)27-20(28-22)12(2)35-23(31)15-6-4-5-7-16(15)29-37(33,34)14-8-9-17-18(10-14)26-24(32)25-17/h4-10,12,29H,1-3H3,(H2,25,26,32)(H,27,28,30)/t12-/m0/s1. The van der Waals surface area contributed by atoms with Crippen molar-refractivity contribution in [2.75, 3.05) is 4.72 Å². The molecule has 0 aliphatic heterocycles. The van der Waals surface area contributed by atoms with Crippen LogP contribution in [0.4, 0.5) is 5.69 Å². The molecular formula is C24H21N5O6S2. The molecule has 0 aliphatic carbocycles. The van der Waals surface area contributed by atoms with E-state index in [2.05, 4.69) is 24.7 Å². The number of aromatic amines is 3. The Labute approximate surface area is 213 Å². The van der Waals surface area contributed by atoms with Crippen LogP contribution in [-0.4, -0.2) is 34.3 Å². The second-order valence-electron chi connectivity index (χ2n) is 8.40. The number of esters is 1. The molecule has 5 aromatic rings. The number of thiophene rings is 1. The van der Waals surface area contributed by atoms with Gasteiger partial charge in [0.05, 0.1) is 32.6 Å². The van der Waals surface area contributed by atoms with Crippen molar-refractivity contribution in [2.24, 2.45) is 0 Å². The number of hydrogen-bond acceptors (Lipinski definition) is 8. The first-order valence-electron chi connectivity index (χ1n) is 11.1. The van der Waals surface area contributed by atoms with Gasteiger partial charge in [-0.05, 0) is 56.7 Å². The number of carbonyl (C=O) groups is 1. The van der Waals surface area contributed by atoms with E-state index in [0.29, 0.717) is 21.3 Å². The van der Waals surface area contributed by atoms with Crippen molar-refractivity contribution in [3.8, 4) is 0 Å². The minimum Gasteiger partial charge on any atom is -0.451 e. The van der Waals surface area contributed by atoms with Crippen LogP contribution in [0.25, 0.3) is 21.3 Å². The van der Waals surface area contributed by atoms with Crippen LogP contribution in [0.15, 0.2) is 56.9 Å². The molecule has 0 radical (unpaired) electrons. The molecule has 0 spiro atoms. The molecular weight excluding hydrogens is 518 g/mol. The number of anilines is 1. The fourth-order valence-electron chi connectivity index (χ4n) is 3.88. The Morgan fingerprint density at radius 1 is 1.05 bits per heavy atom. The summed E-state index contributed by atoms with van der Waals surface area (Å²) < 4.78 is 34.0. The lowest BCUT2D eigenvalue weighted by molar-refractivity contribution is 0.0321. The van der Waals surface area contributed by atoms with Gasteiger partial charge in [0, 0.05) is 4.88 Å². The molecule has 1 atom stereocenters. The second kappa shape index (κ2) is 9.01. The summed E-state index contributed by atoms with van der Waals surface area (Å²) in [5.74, 6) is -0.628. The van der Waals surface area contributed by atoms with Gasteiger partial charge in [0.1, 0.15) is 4.83 Å². The highest BCUT2D eigenvalue weighted by atomic mass is 32.2. The Bertz CT molecular complexity index is 1920. The number of imidazole rings is 1. The lowest BCUT2D eigenvalue weighted by Crippen LogP contribution is -2.19. The third-order valence-electron chi connectivity index (χ3n) is 5.92. The van der Waals surface area contributed by atoms with Crippen LogP contribution in [0.1, 0.15) is 39.7 Å². The minimum atomic E-state index is -4.12. The van der Waals surface area contributed by atoms with E-state index in [4.69, 9.17) is 4.74 Å². The number of nitrogens with one attached hydrogen (secondary N) is 4. The first-order valence-corrected chi connectivity index (χ1v) is 13.4. The van der Waals surface area contributed by atoms with Gasteiger partial charge in [-0.25, -0.2) is 23.0 Å². The monoisotopic (exact) mass is 539 g/mol. The van der Waals surface area contributed by atoms with Crippen molar-refractivity contribution in [1.82, 2.24) is 19.9 Å². The summed E-state index contributed by atoms with van der Waals surface area (Å²) in [6, 6.07) is 10.1. The Morgan fingerprint density at radius 2 is 1.78 bits per heavy atom. The van der Waals surface area contributed by atoms with E-state index >= 15 is 0 Å². The van der Waals surface area contributed by atoms with Crippen LogP contribution in [-0.2, 0) is 14.8 Å². The minimum absolute atomic E-state index is 0.00349. The van der Waals surface area contributed by atoms with Crippen LogP contribution in [0.3, 0.4) is 0 Å². The molecule has 3 heterocycles. The van der Waals surface area contributed by atoms with Crippen molar-refractivity contribution in [3.05, 3.63) is 85.1 Å². The summed E-state index contributed by atoms with van der Waals surface area (Å²) in [6.45, 7) is 5.31. The van der Waals surface area contributed by atoms with Crippen LogP contribution in [0.2, 0.25) is 0 Å². The Hall–Kier alpha value is -4.23. The van der Waals surface area contributed by atoms with Gasteiger partial charge >= 0.3 is 11.7 Å². The van der Waals surface area contributed by atoms with Crippen molar-refractivity contribution < 1.29 is 17.9 Å². The third-order valence-corrected chi connectivity index (χ3v) is 8.38. The van der Waals surface area contributed by atoms with Crippen molar-refractivity contribution in [3.63, 3.8) is 0 Å². The molecule has 11 nitrogen and oxygen atoms in total. The normalized spacial score (nSPS) is 12.6. The highest BCUT2D eigenvalue weighted by Gasteiger charge is 2.23. The Kier molecular flexibility index (Phi) is 5.96. The summed E-state index contributed by atoms with van der Waals surface area (Å²) in [5, 5.41) is 0.506. The summed E-state index contributed by atoms with van der Waals surface area (Å²) >= 11 is 1.38. The summed E-state index contributed by atoms with van der Waals surface area (Å²) in [7, 11) is -4.12. The van der Waals surface area contributed by atoms with E-state index in [9.17, 15) is 22.8 Å². The molecule has 0 saturated heterocycles. The molecule has 190 valence electrons. The number of sulfonamides is 1. The fraction of sp³-hybridized carbons (Fsp3) is 0.167. The van der Waals surface area contributed by atoms with E-state index in [1.54, 1.807) is 19.1 Å². The number of benzene rings is 2. The number of carbonyl (C=O) groups excluding carboxylic acids is 1. The number of ether oxygens (including phenoxy) is 1. The Morgan fingerprint density at radius 3 is 2.57 bits per heavy atom. The predicted octanol–water partition coefficient (Wildman–Crippen LogP) is 3.49. The van der Waals surface area contributed by atoms with Crippen LogP contribution >= 0.6 is 11.3 Å². The van der Waals surface area contributed by atoms with Gasteiger partial charge in [-0.2, -0.15) is 0 Å². The van der Waals surface area contributed by atoms with Crippen LogP contribution in [0.5, 0.6) is 0 Å². The lowest BCUT2D eigenvalue weighted by Gasteiger charge is -2.15. The lowest BCUT2D eigenvalue weighted by atomic mass is 10.2. The van der Waals surface area contributed by atoms with Crippen molar-refractivity contribution >= 4 is 54.3 Å². The average Bonchev–Trinajstić information content (AvgIpc) is 3.36. The van der Waals surface area contributed by atoms with E-state index in [1.807, 2.05) is 13.8 Å². The number of fused-ring (bicyclic) bond motifs is 2. The maximum absolute atomic E-state index is 13.0. The largest absolute Gasteiger partial charge is 0.451 e. The van der Waals surface area contributed by atoms with Gasteiger partial charge in [-0.15, -0.1) is 11.3 Å². The molecule has 13 heteroatoms. The van der Waals surface area contributed by atoms with Gasteiger partial charge in [-0.3, -0.25) is 9.52 Å². The molecule has 0 amide bonds. The second-order valence-corrected chi connectivity index (χ2v) is 11.3. The number of nitrogens with zero attached hydrogens (tertiary/aromatic N) is 1. The maximum atomic E-state index is 13.0. The van der Waals surface area contributed by atoms with E-state index < -0.39 is 27.8 Å². The molecule has 5 rings (SSSR count). The zero-order chi connectivity index (χ0) is 26.5. The third kappa shape index (κ3) is 4.54. The molecule has 2 aromatic carbocycles. The molecule has 0 saturated carbocycles. The smallest absolute Gasteiger partial charge is 0.340 e. The van der Waals surface area contributed by atoms with Crippen molar-refractivity contribution in [1.29, 1.82) is 0 Å². The van der Waals surface area contributed by atoms with Gasteiger partial charge in [0.15, 0.2) is 11.9 Å². The number of aromatic nitrogens is 4. The first kappa shape index (κ1) is 24.5. The fourth-order valence-corrected chi connectivity index (χ4v) is 6.02. The molecule has 0 unspecified atom stereocenters. The van der Waals surface area contributed by atoms with Gasteiger partial charge < -0.3 is 19.7 Å². The highest BCUT2D eigenvalue weighted by molar-refractivity contribution is 7.92. The molecule has 3 aromatic heterocycles. The average molecular weight is 540 g/mol. The van der Waals surface area contributed by atoms with Gasteiger partial charge in [0.25, 0.3) is 15.6 Å². The molecule has 37 heavy (non-hydrogen) atoms. The maximum Gasteiger partial charge on any atom is 0.340 e. The van der Waals surface area contributed by atoms with Gasteiger partial charge in [-0.1, -0.05) is 12.1 Å². The van der Waals surface area contributed by atoms with Crippen molar-refractivity contribution in [2.45, 2.75) is 31.8 Å². The summed E-state index contributed by atoms with van der Waals surface area (Å²) in [6.07, 6.45) is -0.912. The number of H-pyrrole nitrogens is 3. The van der Waals surface area contributed by atoms with E-state index in [-0.39, 0.29) is 27.5 Å². The van der Waals surface area contributed by atoms with Crippen LogP contribution < -0.4 is 16.0 Å². The van der Waals surface area contributed by atoms with Crippen LogP contribution in [0, 0.1) is 13.8 Å². The predicted molar refractivity (Wildman–Crippen MR) is 140 cm³/mol. The number of aryl methyl sites for hydroxylation is 2. The Balaban J connectivity index is 1.41. The SMILES string of the molecule is Cc1sc2nc([C@H](C)OC(=O)c3ccccc3NS(=O)(=O)c3ccc4[nH]c(=O)[nH]c4c3)[nH]c(=O)c2c1C. The first-order chi connectivity index (χ1) is 17.5. The number of rotatable bonds is 6. The van der Waals surface area contributed by atoms with E-state index in [1.165, 1.54) is 41.7 Å². The zero-order valence-electron chi connectivity index (χ0n) is 19.8. The molecule has 4 N–H and O–H groups in total. The molecule has 0 fully saturated rings. The molecule has 0 aliphatic rings. The zero-order valence-corrected chi connectivity index (χ0v) is 21.5. The van der Waals surface area contributed by atoms with E-state index in [0.717, 1.165) is 10.4 Å². The number of hydrogen-bond donors (Lipinski definition) is 4. The molecule has 0 bridgehead atoms. The van der Waals surface area contributed by atoms with Gasteiger partial charge in [0.2, 0.25) is 0 Å². The topological polar surface area (TPSA) is 167 Å². The summed E-state index contributed by atoms with van der Waals surface area (Å²) in [4.78, 5) is 50.7. The highest BCUT2D eigenvalue weighted by Crippen LogP contribution is 2.28. The number of para-hydroxylation sites is 1. The quantitative estimate of drug-likeness (QED) is 0.240. The summed E-state index contributed by atoms with van der Waals surface area (Å²) in [5.41, 5.74) is 0.832.